The van der Waals surface area contributed by atoms with Crippen LogP contribution in [-0.2, 0) is 11.3 Å². The van der Waals surface area contributed by atoms with Gasteiger partial charge in [0.1, 0.15) is 6.10 Å². The largest absolute Gasteiger partial charge is 0.384 e. The first-order valence-electron chi connectivity index (χ1n) is 7.96. The maximum Gasteiger partial charge on any atom is 0.124 e. The molecule has 1 saturated carbocycles. The molecule has 3 unspecified atom stereocenters. The molecule has 1 heterocycles. The van der Waals surface area contributed by atoms with Crippen molar-refractivity contribution in [1.82, 2.24) is 9.78 Å². The molecular formula is C16H28N2O2. The van der Waals surface area contributed by atoms with Gasteiger partial charge in [-0.25, -0.2) is 0 Å². The first-order chi connectivity index (χ1) is 9.63. The molecule has 114 valence electrons. The minimum Gasteiger partial charge on any atom is -0.384 e. The zero-order valence-corrected chi connectivity index (χ0v) is 13.0. The quantitative estimate of drug-likeness (QED) is 0.869. The Labute approximate surface area is 122 Å². The Kier molecular flexibility index (Phi) is 5.22. The van der Waals surface area contributed by atoms with Gasteiger partial charge in [0, 0.05) is 19.3 Å². The Hall–Kier alpha value is -0.870. The highest BCUT2D eigenvalue weighted by Gasteiger charge is 2.43. The number of hydrogen-bond acceptors (Lipinski definition) is 3. The molecule has 1 N–H and O–H groups in total. The van der Waals surface area contributed by atoms with Crippen molar-refractivity contribution >= 4 is 0 Å². The number of aryl methyl sites for hydroxylation is 1. The topological polar surface area (TPSA) is 47.3 Å². The maximum absolute atomic E-state index is 11.0. The van der Waals surface area contributed by atoms with E-state index in [4.69, 9.17) is 4.74 Å². The van der Waals surface area contributed by atoms with Crippen molar-refractivity contribution in [3.63, 3.8) is 0 Å². The van der Waals surface area contributed by atoms with E-state index in [0.717, 1.165) is 37.9 Å². The Bertz CT molecular complexity index is 414. The summed E-state index contributed by atoms with van der Waals surface area (Å²) in [5, 5.41) is 15.3. The molecule has 1 aliphatic carbocycles. The third-order valence-corrected chi connectivity index (χ3v) is 4.39. The van der Waals surface area contributed by atoms with Gasteiger partial charge in [0.05, 0.1) is 11.3 Å². The average molecular weight is 280 g/mol. The number of aromatic nitrogens is 2. The maximum atomic E-state index is 11.0. The SMILES string of the molecule is CCCn1nccc1C(O)C1(OCC)CCCC(C)C1. The molecule has 0 bridgehead atoms. The monoisotopic (exact) mass is 280 g/mol. The highest BCUT2D eigenvalue weighted by Crippen LogP contribution is 2.43. The summed E-state index contributed by atoms with van der Waals surface area (Å²) in [7, 11) is 0. The molecule has 2 rings (SSSR count). The number of rotatable bonds is 6. The van der Waals surface area contributed by atoms with Crippen molar-refractivity contribution in [1.29, 1.82) is 0 Å². The molecule has 4 heteroatoms. The summed E-state index contributed by atoms with van der Waals surface area (Å²) in [5.74, 6) is 0.604. The van der Waals surface area contributed by atoms with Crippen molar-refractivity contribution in [2.45, 2.75) is 71.1 Å². The van der Waals surface area contributed by atoms with Gasteiger partial charge in [0.25, 0.3) is 0 Å². The van der Waals surface area contributed by atoms with Crippen molar-refractivity contribution in [3.05, 3.63) is 18.0 Å². The van der Waals surface area contributed by atoms with Gasteiger partial charge in [-0.3, -0.25) is 4.68 Å². The lowest BCUT2D eigenvalue weighted by molar-refractivity contribution is -0.152. The van der Waals surface area contributed by atoms with Crippen LogP contribution in [0.3, 0.4) is 0 Å². The summed E-state index contributed by atoms with van der Waals surface area (Å²) >= 11 is 0. The van der Waals surface area contributed by atoms with Crippen LogP contribution < -0.4 is 0 Å². The van der Waals surface area contributed by atoms with Gasteiger partial charge in [-0.15, -0.1) is 0 Å². The molecular weight excluding hydrogens is 252 g/mol. The molecule has 0 aliphatic heterocycles. The van der Waals surface area contributed by atoms with Gasteiger partial charge in [-0.1, -0.05) is 26.7 Å². The zero-order valence-electron chi connectivity index (χ0n) is 13.0. The molecule has 1 aromatic heterocycles. The summed E-state index contributed by atoms with van der Waals surface area (Å²) in [4.78, 5) is 0. The lowest BCUT2D eigenvalue weighted by Crippen LogP contribution is -2.44. The average Bonchev–Trinajstić information content (AvgIpc) is 2.87. The van der Waals surface area contributed by atoms with Crippen LogP contribution in [-0.4, -0.2) is 27.1 Å². The standard InChI is InChI=1S/C16H28N2O2/c1-4-11-18-14(8-10-17-18)15(19)16(20-5-2)9-6-7-13(3)12-16/h8,10,13,15,19H,4-7,9,11-12H2,1-3H3. The minimum atomic E-state index is -0.584. The van der Waals surface area contributed by atoms with E-state index < -0.39 is 11.7 Å². The summed E-state index contributed by atoms with van der Waals surface area (Å²) in [6.07, 6.45) is 6.43. The molecule has 20 heavy (non-hydrogen) atoms. The van der Waals surface area contributed by atoms with Crippen LogP contribution in [0.1, 0.15) is 64.7 Å². The van der Waals surface area contributed by atoms with Crippen molar-refractivity contribution in [3.8, 4) is 0 Å². The predicted octanol–water partition coefficient (Wildman–Crippen LogP) is 3.31. The fraction of sp³-hybridized carbons (Fsp3) is 0.812. The lowest BCUT2D eigenvalue weighted by Gasteiger charge is -2.43. The predicted molar refractivity (Wildman–Crippen MR) is 79.5 cm³/mol. The van der Waals surface area contributed by atoms with E-state index in [2.05, 4.69) is 18.9 Å². The van der Waals surface area contributed by atoms with Crippen LogP contribution in [0.25, 0.3) is 0 Å². The summed E-state index contributed by atoms with van der Waals surface area (Å²) in [5.41, 5.74) is 0.465. The zero-order chi connectivity index (χ0) is 14.6. The second kappa shape index (κ2) is 6.72. The summed E-state index contributed by atoms with van der Waals surface area (Å²) < 4.78 is 7.99. The van der Waals surface area contributed by atoms with Gasteiger partial charge in [-0.2, -0.15) is 5.10 Å². The molecule has 0 spiro atoms. The Balaban J connectivity index is 2.25. The molecule has 1 fully saturated rings. The molecule has 0 aromatic carbocycles. The van der Waals surface area contributed by atoms with Crippen LogP contribution >= 0.6 is 0 Å². The molecule has 0 radical (unpaired) electrons. The third kappa shape index (κ3) is 3.07. The fourth-order valence-electron chi connectivity index (χ4n) is 3.53. The molecule has 1 aliphatic rings. The first kappa shape index (κ1) is 15.5. The van der Waals surface area contributed by atoms with Crippen LogP contribution in [0.2, 0.25) is 0 Å². The highest BCUT2D eigenvalue weighted by atomic mass is 16.5. The normalized spacial score (nSPS) is 28.5. The van der Waals surface area contributed by atoms with Gasteiger partial charge in [-0.05, 0) is 38.2 Å². The Morgan fingerprint density at radius 3 is 3.00 bits per heavy atom. The first-order valence-corrected chi connectivity index (χ1v) is 7.96. The van der Waals surface area contributed by atoms with E-state index in [-0.39, 0.29) is 0 Å². The van der Waals surface area contributed by atoms with Gasteiger partial charge in [0.2, 0.25) is 0 Å². The number of nitrogens with zero attached hydrogens (tertiary/aromatic N) is 2. The van der Waals surface area contributed by atoms with Crippen LogP contribution in [0.4, 0.5) is 0 Å². The Morgan fingerprint density at radius 1 is 1.55 bits per heavy atom. The minimum absolute atomic E-state index is 0.433. The highest BCUT2D eigenvalue weighted by molar-refractivity contribution is 5.12. The van der Waals surface area contributed by atoms with E-state index in [9.17, 15) is 5.11 Å². The second-order valence-electron chi connectivity index (χ2n) is 6.08. The molecule has 0 amide bonds. The molecule has 3 atom stereocenters. The molecule has 4 nitrogen and oxygen atoms in total. The van der Waals surface area contributed by atoms with Gasteiger partial charge < -0.3 is 9.84 Å². The summed E-state index contributed by atoms with van der Waals surface area (Å²) in [6.45, 7) is 7.88. The lowest BCUT2D eigenvalue weighted by atomic mass is 9.74. The number of ether oxygens (including phenoxy) is 1. The number of hydrogen-bond donors (Lipinski definition) is 1. The van der Waals surface area contributed by atoms with E-state index in [1.165, 1.54) is 6.42 Å². The number of aliphatic hydroxyl groups is 1. The smallest absolute Gasteiger partial charge is 0.124 e. The van der Waals surface area contributed by atoms with Crippen LogP contribution in [0.15, 0.2) is 12.3 Å². The van der Waals surface area contributed by atoms with E-state index >= 15 is 0 Å². The number of aliphatic hydroxyl groups excluding tert-OH is 1. The van der Waals surface area contributed by atoms with Crippen molar-refractivity contribution in [2.24, 2.45) is 5.92 Å². The van der Waals surface area contributed by atoms with Crippen molar-refractivity contribution in [2.75, 3.05) is 6.61 Å². The van der Waals surface area contributed by atoms with Crippen molar-refractivity contribution < 1.29 is 9.84 Å². The fourth-order valence-corrected chi connectivity index (χ4v) is 3.53. The molecule has 1 aromatic rings. The Morgan fingerprint density at radius 2 is 2.35 bits per heavy atom. The second-order valence-corrected chi connectivity index (χ2v) is 6.08. The van der Waals surface area contributed by atoms with E-state index in [1.807, 2.05) is 17.7 Å². The third-order valence-electron chi connectivity index (χ3n) is 4.39. The summed E-state index contributed by atoms with van der Waals surface area (Å²) in [6, 6.07) is 1.93. The van der Waals surface area contributed by atoms with E-state index in [0.29, 0.717) is 12.5 Å². The van der Waals surface area contributed by atoms with Gasteiger partial charge in [0.15, 0.2) is 0 Å². The van der Waals surface area contributed by atoms with Crippen LogP contribution in [0, 0.1) is 5.92 Å². The van der Waals surface area contributed by atoms with Gasteiger partial charge >= 0.3 is 0 Å². The van der Waals surface area contributed by atoms with E-state index in [1.54, 1.807) is 6.20 Å². The molecule has 0 saturated heterocycles. The van der Waals surface area contributed by atoms with Crippen LogP contribution in [0.5, 0.6) is 0 Å².